The zero-order valence-corrected chi connectivity index (χ0v) is 27.3. The van der Waals surface area contributed by atoms with Gasteiger partial charge in [-0.2, -0.15) is 0 Å². The normalized spacial score (nSPS) is 13.6. The largest absolute Gasteiger partial charge is 0.455 e. The molecule has 1 aliphatic carbocycles. The van der Waals surface area contributed by atoms with Gasteiger partial charge in [-0.3, -0.25) is 0 Å². The van der Waals surface area contributed by atoms with E-state index in [0.29, 0.717) is 11.7 Å². The maximum absolute atomic E-state index is 6.94. The van der Waals surface area contributed by atoms with E-state index in [9.17, 15) is 0 Å². The lowest BCUT2D eigenvalue weighted by atomic mass is 9.83. The third-order valence-electron chi connectivity index (χ3n) is 10.1. The Balaban J connectivity index is 1.26. The molecule has 236 valence electrons. The Morgan fingerprint density at radius 1 is 0.429 bits per heavy atom. The van der Waals surface area contributed by atoms with Crippen molar-refractivity contribution >= 4 is 21.9 Å². The maximum Gasteiger partial charge on any atom is 0.160 e. The van der Waals surface area contributed by atoms with Crippen molar-refractivity contribution < 1.29 is 4.42 Å². The number of hydrogen-bond donors (Lipinski definition) is 0. The Hall–Kier alpha value is -5.80. The van der Waals surface area contributed by atoms with Crippen LogP contribution < -0.4 is 0 Å². The lowest BCUT2D eigenvalue weighted by molar-refractivity contribution is 0.442. The van der Waals surface area contributed by atoms with Crippen LogP contribution in [-0.2, 0) is 0 Å². The first-order valence-electron chi connectivity index (χ1n) is 17.4. The van der Waals surface area contributed by atoms with Crippen LogP contribution >= 0.6 is 0 Å². The van der Waals surface area contributed by atoms with E-state index in [1.54, 1.807) is 0 Å². The molecule has 3 heteroatoms. The highest BCUT2D eigenvalue weighted by molar-refractivity contribution is 6.10. The minimum atomic E-state index is 0.560. The number of aromatic nitrogens is 2. The third kappa shape index (κ3) is 5.62. The van der Waals surface area contributed by atoms with Gasteiger partial charge < -0.3 is 4.42 Å². The van der Waals surface area contributed by atoms with Crippen molar-refractivity contribution in [3.05, 3.63) is 157 Å². The second kappa shape index (κ2) is 12.7. The summed E-state index contributed by atoms with van der Waals surface area (Å²) in [5.74, 6) is 1.27. The Kier molecular flexibility index (Phi) is 7.59. The number of hydrogen-bond acceptors (Lipinski definition) is 3. The van der Waals surface area contributed by atoms with Crippen molar-refractivity contribution in [2.75, 3.05) is 0 Å². The van der Waals surface area contributed by atoms with Crippen molar-refractivity contribution in [3.63, 3.8) is 0 Å². The third-order valence-corrected chi connectivity index (χ3v) is 10.1. The Labute approximate surface area is 286 Å². The summed E-state index contributed by atoms with van der Waals surface area (Å²) in [7, 11) is 0. The number of para-hydroxylation sites is 2. The van der Waals surface area contributed by atoms with E-state index in [1.165, 1.54) is 43.1 Å². The molecule has 0 N–H and O–H groups in total. The fourth-order valence-electron chi connectivity index (χ4n) is 7.60. The van der Waals surface area contributed by atoms with Gasteiger partial charge in [0.1, 0.15) is 11.2 Å². The fraction of sp³-hybridized carbons (Fsp3) is 0.130. The van der Waals surface area contributed by atoms with E-state index in [0.717, 1.165) is 66.9 Å². The number of furan rings is 1. The average molecular weight is 633 g/mol. The van der Waals surface area contributed by atoms with Crippen LogP contribution in [0.4, 0.5) is 0 Å². The van der Waals surface area contributed by atoms with E-state index in [1.807, 2.05) is 24.3 Å². The van der Waals surface area contributed by atoms with Crippen LogP contribution in [0.1, 0.15) is 43.6 Å². The lowest BCUT2D eigenvalue weighted by Gasteiger charge is -2.21. The molecule has 49 heavy (non-hydrogen) atoms. The van der Waals surface area contributed by atoms with E-state index in [4.69, 9.17) is 14.4 Å². The minimum Gasteiger partial charge on any atom is -0.455 e. The highest BCUT2D eigenvalue weighted by Crippen LogP contribution is 2.43. The molecule has 2 heterocycles. The number of rotatable bonds is 6. The fourth-order valence-corrected chi connectivity index (χ4v) is 7.60. The molecule has 0 unspecified atom stereocenters. The highest BCUT2D eigenvalue weighted by atomic mass is 16.3. The van der Waals surface area contributed by atoms with Crippen molar-refractivity contribution in [2.24, 2.45) is 0 Å². The Morgan fingerprint density at radius 3 is 1.71 bits per heavy atom. The Morgan fingerprint density at radius 2 is 1.00 bits per heavy atom. The van der Waals surface area contributed by atoms with Gasteiger partial charge in [-0.1, -0.05) is 147 Å². The molecule has 6 aromatic carbocycles. The van der Waals surface area contributed by atoms with E-state index in [-0.39, 0.29) is 0 Å². The molecule has 9 rings (SSSR count). The minimum absolute atomic E-state index is 0.560. The maximum atomic E-state index is 6.94. The molecule has 0 aliphatic heterocycles. The van der Waals surface area contributed by atoms with Gasteiger partial charge in [0.2, 0.25) is 0 Å². The first-order chi connectivity index (χ1) is 24.3. The molecule has 0 bridgehead atoms. The van der Waals surface area contributed by atoms with Crippen LogP contribution in [0.5, 0.6) is 0 Å². The smallest absolute Gasteiger partial charge is 0.160 e. The quantitative estimate of drug-likeness (QED) is 0.183. The predicted molar refractivity (Wildman–Crippen MR) is 202 cm³/mol. The van der Waals surface area contributed by atoms with Crippen molar-refractivity contribution in [1.82, 2.24) is 9.97 Å². The van der Waals surface area contributed by atoms with Gasteiger partial charge in [0.05, 0.1) is 11.4 Å². The summed E-state index contributed by atoms with van der Waals surface area (Å²) in [6.07, 6.45) is 6.40. The van der Waals surface area contributed by atoms with Crippen molar-refractivity contribution in [1.29, 1.82) is 0 Å². The van der Waals surface area contributed by atoms with E-state index >= 15 is 0 Å². The van der Waals surface area contributed by atoms with Gasteiger partial charge >= 0.3 is 0 Å². The van der Waals surface area contributed by atoms with Gasteiger partial charge in [0.15, 0.2) is 5.82 Å². The summed E-state index contributed by atoms with van der Waals surface area (Å²) in [4.78, 5) is 10.2. The van der Waals surface area contributed by atoms with Gasteiger partial charge in [0.25, 0.3) is 0 Å². The Bertz CT molecular complexity index is 2350. The molecular formula is C46H36N2O. The molecule has 1 fully saturated rings. The van der Waals surface area contributed by atoms with E-state index in [2.05, 4.69) is 127 Å². The molecule has 0 atom stereocenters. The van der Waals surface area contributed by atoms with Gasteiger partial charge in [-0.05, 0) is 65.3 Å². The van der Waals surface area contributed by atoms with Crippen LogP contribution in [0.2, 0.25) is 0 Å². The van der Waals surface area contributed by atoms with Crippen molar-refractivity contribution in [3.8, 4) is 56.2 Å². The number of benzene rings is 6. The van der Waals surface area contributed by atoms with Crippen LogP contribution in [0, 0.1) is 0 Å². The molecule has 0 amide bonds. The van der Waals surface area contributed by atoms with Gasteiger partial charge in [0, 0.05) is 33.0 Å². The van der Waals surface area contributed by atoms with Crippen LogP contribution in [0.25, 0.3) is 78.1 Å². The average Bonchev–Trinajstić information content (AvgIpc) is 3.58. The molecule has 1 saturated carbocycles. The predicted octanol–water partition coefficient (Wildman–Crippen LogP) is 12.8. The van der Waals surface area contributed by atoms with E-state index < -0.39 is 0 Å². The molecule has 2 aromatic heterocycles. The summed E-state index contributed by atoms with van der Waals surface area (Å²) in [5.41, 5.74) is 12.7. The number of fused-ring (bicyclic) bond motifs is 3. The van der Waals surface area contributed by atoms with Crippen LogP contribution in [0.15, 0.2) is 156 Å². The molecule has 0 saturated heterocycles. The molecule has 3 nitrogen and oxygen atoms in total. The molecule has 0 spiro atoms. The first kappa shape index (κ1) is 29.3. The molecule has 0 radical (unpaired) electrons. The standard InChI is InChI=1S/C46H36N2O/c1-5-15-31(16-6-1)35-27-36(39-24-14-26-41-40-25-13-23-38(44(40)49-45(39)41)32-17-7-2-8-18-32)29-37(28-35)43-30-42(33-19-9-3-10-20-33)47-46(48-43)34-21-11-4-12-22-34/h1,3-6,9-16,19-30,32H,2,7-8,17-18H2. The molecule has 1 aliphatic rings. The summed E-state index contributed by atoms with van der Waals surface area (Å²) in [6, 6.07) is 53.4. The molecule has 8 aromatic rings. The second-order valence-corrected chi connectivity index (χ2v) is 13.2. The second-order valence-electron chi connectivity index (χ2n) is 13.2. The molecular weight excluding hydrogens is 597 g/mol. The summed E-state index contributed by atoms with van der Waals surface area (Å²) >= 11 is 0. The summed E-state index contributed by atoms with van der Waals surface area (Å²) < 4.78 is 6.94. The van der Waals surface area contributed by atoms with Crippen LogP contribution in [0.3, 0.4) is 0 Å². The number of nitrogens with zero attached hydrogens (tertiary/aromatic N) is 2. The van der Waals surface area contributed by atoms with Crippen LogP contribution in [-0.4, -0.2) is 9.97 Å². The van der Waals surface area contributed by atoms with Crippen molar-refractivity contribution in [2.45, 2.75) is 38.0 Å². The zero-order chi connectivity index (χ0) is 32.6. The topological polar surface area (TPSA) is 38.9 Å². The SMILES string of the molecule is c1ccc(-c2cc(-c3cc(-c4ccccc4)nc(-c4ccccc4)n3)cc(-c3cccc4c3oc3c(C5CCCCC5)cccc34)c2)cc1. The zero-order valence-electron chi connectivity index (χ0n) is 27.3. The highest BCUT2D eigenvalue weighted by Gasteiger charge is 2.22. The van der Waals surface area contributed by atoms with Gasteiger partial charge in [-0.25, -0.2) is 9.97 Å². The first-order valence-corrected chi connectivity index (χ1v) is 17.4. The summed E-state index contributed by atoms with van der Waals surface area (Å²) in [6.45, 7) is 0. The monoisotopic (exact) mass is 632 g/mol. The lowest BCUT2D eigenvalue weighted by Crippen LogP contribution is -2.04. The summed E-state index contributed by atoms with van der Waals surface area (Å²) in [5, 5.41) is 2.37. The van der Waals surface area contributed by atoms with Gasteiger partial charge in [-0.15, -0.1) is 0 Å².